The van der Waals surface area contributed by atoms with Gasteiger partial charge in [0, 0.05) is 14.2 Å². The Kier molecular flexibility index (Phi) is 4.55. The lowest BCUT2D eigenvalue weighted by Crippen LogP contribution is -2.51. The van der Waals surface area contributed by atoms with Crippen LogP contribution in [0.25, 0.3) is 0 Å². The minimum atomic E-state index is -0.747. The molecule has 0 saturated heterocycles. The van der Waals surface area contributed by atoms with Crippen molar-refractivity contribution in [3.05, 3.63) is 0 Å². The Balaban J connectivity index is 3.69. The standard InChI is InChI=1S/C6H15NO3/c1-9-4-6(7,3-8)5-10-2/h8H,3-5,7H2,1-2H3. The molecule has 0 heterocycles. The van der Waals surface area contributed by atoms with Gasteiger partial charge >= 0.3 is 0 Å². The molecule has 0 spiro atoms. The van der Waals surface area contributed by atoms with E-state index in [-0.39, 0.29) is 6.61 Å². The molecule has 0 aliphatic carbocycles. The van der Waals surface area contributed by atoms with Crippen LogP contribution in [0, 0.1) is 0 Å². The van der Waals surface area contributed by atoms with Crippen LogP contribution in [-0.2, 0) is 9.47 Å². The van der Waals surface area contributed by atoms with Gasteiger partial charge in [-0.25, -0.2) is 0 Å². The maximum absolute atomic E-state index is 8.76. The van der Waals surface area contributed by atoms with Gasteiger partial charge in [-0.2, -0.15) is 0 Å². The van der Waals surface area contributed by atoms with E-state index in [1.807, 2.05) is 0 Å². The molecule has 0 atom stereocenters. The SMILES string of the molecule is COCC(N)(CO)COC. The Morgan fingerprint density at radius 3 is 1.90 bits per heavy atom. The Labute approximate surface area is 60.9 Å². The van der Waals surface area contributed by atoms with Gasteiger partial charge in [-0.3, -0.25) is 0 Å². The molecule has 0 aromatic carbocycles. The average molecular weight is 149 g/mol. The summed E-state index contributed by atoms with van der Waals surface area (Å²) in [5, 5.41) is 8.76. The fraction of sp³-hybridized carbons (Fsp3) is 1.00. The summed E-state index contributed by atoms with van der Waals surface area (Å²) in [5.74, 6) is 0. The first kappa shape index (κ1) is 9.84. The van der Waals surface area contributed by atoms with Crippen LogP contribution in [0.4, 0.5) is 0 Å². The van der Waals surface area contributed by atoms with Gasteiger partial charge in [-0.05, 0) is 0 Å². The van der Waals surface area contributed by atoms with E-state index in [0.717, 1.165) is 0 Å². The quantitative estimate of drug-likeness (QED) is 0.524. The molecule has 0 saturated carbocycles. The van der Waals surface area contributed by atoms with Gasteiger partial charge < -0.3 is 20.3 Å². The number of hydrogen-bond donors (Lipinski definition) is 2. The van der Waals surface area contributed by atoms with Crippen molar-refractivity contribution in [2.24, 2.45) is 5.73 Å². The Hall–Kier alpha value is -0.160. The highest BCUT2D eigenvalue weighted by Gasteiger charge is 2.23. The van der Waals surface area contributed by atoms with Gasteiger partial charge in [0.25, 0.3) is 0 Å². The molecule has 0 aliphatic rings. The van der Waals surface area contributed by atoms with Gasteiger partial charge in [-0.15, -0.1) is 0 Å². The van der Waals surface area contributed by atoms with Crippen molar-refractivity contribution in [2.75, 3.05) is 34.0 Å². The van der Waals surface area contributed by atoms with Crippen molar-refractivity contribution in [2.45, 2.75) is 5.54 Å². The number of aliphatic hydroxyl groups excluding tert-OH is 1. The summed E-state index contributed by atoms with van der Waals surface area (Å²) < 4.78 is 9.57. The number of methoxy groups -OCH3 is 2. The minimum absolute atomic E-state index is 0.130. The van der Waals surface area contributed by atoms with Crippen LogP contribution in [-0.4, -0.2) is 44.7 Å². The summed E-state index contributed by atoms with van der Waals surface area (Å²) >= 11 is 0. The summed E-state index contributed by atoms with van der Waals surface area (Å²) in [6.07, 6.45) is 0. The highest BCUT2D eigenvalue weighted by molar-refractivity contribution is 4.82. The first-order chi connectivity index (χ1) is 4.68. The Morgan fingerprint density at radius 1 is 1.30 bits per heavy atom. The molecule has 0 unspecified atom stereocenters. The zero-order valence-corrected chi connectivity index (χ0v) is 6.46. The maximum Gasteiger partial charge on any atom is 0.0861 e. The van der Waals surface area contributed by atoms with Crippen molar-refractivity contribution in [1.82, 2.24) is 0 Å². The molecule has 3 N–H and O–H groups in total. The van der Waals surface area contributed by atoms with Crippen LogP contribution in [0.1, 0.15) is 0 Å². The van der Waals surface area contributed by atoms with Crippen LogP contribution >= 0.6 is 0 Å². The molecule has 10 heavy (non-hydrogen) atoms. The minimum Gasteiger partial charge on any atom is -0.394 e. The van der Waals surface area contributed by atoms with Gasteiger partial charge in [0.05, 0.1) is 25.4 Å². The van der Waals surface area contributed by atoms with E-state index in [2.05, 4.69) is 0 Å². The highest BCUT2D eigenvalue weighted by atomic mass is 16.5. The van der Waals surface area contributed by atoms with Crippen molar-refractivity contribution >= 4 is 0 Å². The van der Waals surface area contributed by atoms with Crippen LogP contribution in [0.3, 0.4) is 0 Å². The first-order valence-electron chi connectivity index (χ1n) is 3.06. The van der Waals surface area contributed by atoms with Crippen molar-refractivity contribution in [3.8, 4) is 0 Å². The summed E-state index contributed by atoms with van der Waals surface area (Å²) in [5.41, 5.74) is 4.87. The first-order valence-corrected chi connectivity index (χ1v) is 3.06. The van der Waals surface area contributed by atoms with Gasteiger partial charge in [-0.1, -0.05) is 0 Å². The molecule has 0 rings (SSSR count). The van der Waals surface area contributed by atoms with Crippen molar-refractivity contribution in [1.29, 1.82) is 0 Å². The van der Waals surface area contributed by atoms with E-state index in [4.69, 9.17) is 20.3 Å². The molecule has 0 radical (unpaired) electrons. The second-order valence-electron chi connectivity index (χ2n) is 2.39. The Morgan fingerprint density at radius 2 is 1.70 bits per heavy atom. The van der Waals surface area contributed by atoms with Crippen LogP contribution in [0.2, 0.25) is 0 Å². The number of hydrogen-bond acceptors (Lipinski definition) is 4. The molecule has 0 amide bonds. The molecule has 0 aromatic rings. The predicted molar refractivity (Wildman–Crippen MR) is 37.8 cm³/mol. The number of ether oxygens (including phenoxy) is 2. The maximum atomic E-state index is 8.76. The van der Waals surface area contributed by atoms with Gasteiger partial charge in [0.1, 0.15) is 0 Å². The van der Waals surface area contributed by atoms with Crippen molar-refractivity contribution < 1.29 is 14.6 Å². The molecule has 4 nitrogen and oxygen atoms in total. The second kappa shape index (κ2) is 4.62. The van der Waals surface area contributed by atoms with E-state index < -0.39 is 5.54 Å². The van der Waals surface area contributed by atoms with E-state index in [9.17, 15) is 0 Å². The molecule has 4 heteroatoms. The normalized spacial score (nSPS) is 12.0. The fourth-order valence-electron chi connectivity index (χ4n) is 0.708. The van der Waals surface area contributed by atoms with E-state index in [0.29, 0.717) is 13.2 Å². The average Bonchev–Trinajstić information content (AvgIpc) is 1.89. The van der Waals surface area contributed by atoms with Crippen LogP contribution < -0.4 is 5.73 Å². The van der Waals surface area contributed by atoms with Crippen molar-refractivity contribution in [3.63, 3.8) is 0 Å². The monoisotopic (exact) mass is 149 g/mol. The summed E-state index contributed by atoms with van der Waals surface area (Å²) in [6, 6.07) is 0. The molecular weight excluding hydrogens is 134 g/mol. The molecule has 0 aliphatic heterocycles. The zero-order chi connectivity index (χ0) is 8.04. The van der Waals surface area contributed by atoms with E-state index in [1.54, 1.807) is 0 Å². The summed E-state index contributed by atoms with van der Waals surface area (Å²) in [7, 11) is 3.07. The second-order valence-corrected chi connectivity index (χ2v) is 2.39. The van der Waals surface area contributed by atoms with Crippen LogP contribution in [0.5, 0.6) is 0 Å². The van der Waals surface area contributed by atoms with Gasteiger partial charge in [0.15, 0.2) is 0 Å². The third-order valence-corrected chi connectivity index (χ3v) is 1.18. The molecular formula is C6H15NO3. The van der Waals surface area contributed by atoms with Gasteiger partial charge in [0.2, 0.25) is 0 Å². The third-order valence-electron chi connectivity index (χ3n) is 1.18. The zero-order valence-electron chi connectivity index (χ0n) is 6.46. The Bertz CT molecular complexity index is 81.1. The largest absolute Gasteiger partial charge is 0.394 e. The van der Waals surface area contributed by atoms with E-state index >= 15 is 0 Å². The lowest BCUT2D eigenvalue weighted by atomic mass is 10.1. The molecule has 0 aromatic heterocycles. The molecule has 62 valence electrons. The molecule has 0 bridgehead atoms. The number of rotatable bonds is 5. The summed E-state index contributed by atoms with van der Waals surface area (Å²) in [6.45, 7) is 0.476. The fourth-order valence-corrected chi connectivity index (χ4v) is 0.708. The van der Waals surface area contributed by atoms with Crippen LogP contribution in [0.15, 0.2) is 0 Å². The topological polar surface area (TPSA) is 64.7 Å². The highest BCUT2D eigenvalue weighted by Crippen LogP contribution is 1.99. The lowest BCUT2D eigenvalue weighted by Gasteiger charge is -2.24. The smallest absolute Gasteiger partial charge is 0.0861 e. The predicted octanol–water partition coefficient (Wildman–Crippen LogP) is -1.03. The number of nitrogens with two attached hydrogens (primary N) is 1. The number of aliphatic hydroxyl groups is 1. The molecule has 0 fully saturated rings. The lowest BCUT2D eigenvalue weighted by molar-refractivity contribution is 0.0299. The van der Waals surface area contributed by atoms with E-state index in [1.165, 1.54) is 14.2 Å². The summed E-state index contributed by atoms with van der Waals surface area (Å²) in [4.78, 5) is 0. The third kappa shape index (κ3) is 3.12.